The molecule has 0 aliphatic heterocycles. The molecule has 4 nitrogen and oxygen atoms in total. The molecule has 1 aromatic rings. The molecule has 0 heterocycles. The van der Waals surface area contributed by atoms with E-state index in [2.05, 4.69) is 9.47 Å². The van der Waals surface area contributed by atoms with Crippen molar-refractivity contribution in [1.82, 2.24) is 0 Å². The Balaban J connectivity index is 3.06. The van der Waals surface area contributed by atoms with Gasteiger partial charge in [-0.15, -0.1) is 0 Å². The summed E-state index contributed by atoms with van der Waals surface area (Å²) in [6, 6.07) is 2.75. The van der Waals surface area contributed by atoms with Gasteiger partial charge in [0.05, 0.1) is 0 Å². The fourth-order valence-electron chi connectivity index (χ4n) is 1.09. The Labute approximate surface area is 113 Å². The van der Waals surface area contributed by atoms with Crippen LogP contribution in [-0.2, 0) is 9.59 Å². The molecule has 0 N–H and O–H groups in total. The van der Waals surface area contributed by atoms with Gasteiger partial charge >= 0.3 is 24.3 Å². The summed E-state index contributed by atoms with van der Waals surface area (Å²) >= 11 is 0. The first-order valence-corrected chi connectivity index (χ1v) is 5.10. The Kier molecular flexibility index (Phi) is 4.49. The molecule has 0 spiro atoms. The average molecular weight is 316 g/mol. The molecule has 21 heavy (non-hydrogen) atoms. The van der Waals surface area contributed by atoms with E-state index < -0.39 is 35.8 Å². The molecule has 116 valence electrons. The van der Waals surface area contributed by atoms with Gasteiger partial charge in [0.2, 0.25) is 0 Å². The van der Waals surface area contributed by atoms with Crippen LogP contribution in [0, 0.1) is 6.92 Å². The predicted molar refractivity (Wildman–Crippen MR) is 54.6 cm³/mol. The minimum absolute atomic E-state index is 0.270. The lowest BCUT2D eigenvalue weighted by Crippen LogP contribution is -2.30. The maximum absolute atomic E-state index is 12.1. The smallest absolute Gasteiger partial charge is 0.416 e. The normalized spacial score (nSPS) is 12.0. The molecule has 0 aliphatic rings. The van der Waals surface area contributed by atoms with Gasteiger partial charge in [0, 0.05) is 0 Å². The molecule has 0 fully saturated rings. The van der Waals surface area contributed by atoms with E-state index in [1.54, 1.807) is 0 Å². The Bertz CT molecular complexity index is 561. The van der Waals surface area contributed by atoms with Crippen molar-refractivity contribution in [3.8, 4) is 11.5 Å². The Morgan fingerprint density at radius 3 is 1.71 bits per heavy atom. The third-order valence-electron chi connectivity index (χ3n) is 1.97. The predicted octanol–water partition coefficient (Wildman–Crippen LogP) is 2.93. The summed E-state index contributed by atoms with van der Waals surface area (Å²) in [4.78, 5) is 21.3. The van der Waals surface area contributed by atoms with Crippen LogP contribution in [0.2, 0.25) is 0 Å². The molecule has 1 rings (SSSR count). The van der Waals surface area contributed by atoms with Gasteiger partial charge in [-0.1, -0.05) is 6.07 Å². The maximum atomic E-state index is 12.1. The van der Waals surface area contributed by atoms with Crippen LogP contribution in [0.3, 0.4) is 0 Å². The zero-order valence-electron chi connectivity index (χ0n) is 10.1. The minimum Gasteiger partial charge on any atom is -0.416 e. The summed E-state index contributed by atoms with van der Waals surface area (Å²) in [6.07, 6.45) is -10.7. The number of ether oxygens (including phenoxy) is 2. The second-order valence-corrected chi connectivity index (χ2v) is 3.72. The summed E-state index contributed by atoms with van der Waals surface area (Å²) in [5.74, 6) is -7.22. The lowest BCUT2D eigenvalue weighted by Gasteiger charge is -2.13. The number of hydrogen-bond acceptors (Lipinski definition) is 4. The molecule has 0 aliphatic carbocycles. The van der Waals surface area contributed by atoms with Gasteiger partial charge in [-0.3, -0.25) is 0 Å². The van der Waals surface area contributed by atoms with Gasteiger partial charge in [0.25, 0.3) is 0 Å². The molecule has 0 atom stereocenters. The highest BCUT2D eigenvalue weighted by Crippen LogP contribution is 2.32. The van der Waals surface area contributed by atoms with E-state index in [1.807, 2.05) is 0 Å². The maximum Gasteiger partial charge on any atom is 0.491 e. The average Bonchev–Trinajstić information content (AvgIpc) is 2.29. The third kappa shape index (κ3) is 4.65. The molecule has 0 radical (unpaired) electrons. The van der Waals surface area contributed by atoms with Crippen LogP contribution in [0.25, 0.3) is 0 Å². The number of hydrogen-bond donors (Lipinski definition) is 0. The van der Waals surface area contributed by atoms with Crippen LogP contribution >= 0.6 is 0 Å². The van der Waals surface area contributed by atoms with Crippen LogP contribution in [0.1, 0.15) is 5.56 Å². The highest BCUT2D eigenvalue weighted by Gasteiger charge is 2.43. The van der Waals surface area contributed by atoms with Crippen molar-refractivity contribution in [3.05, 3.63) is 23.8 Å². The molecule has 0 bridgehead atoms. The number of carbonyl (C=O) groups is 2. The van der Waals surface area contributed by atoms with E-state index in [-0.39, 0.29) is 5.56 Å². The SMILES string of the molecule is Cc1ccc(OC(=O)C(F)(F)F)c(OC(=O)C(F)(F)F)c1. The zero-order chi connectivity index (χ0) is 16.4. The molecule has 0 saturated carbocycles. The molecular formula is C11H6F6O4. The Morgan fingerprint density at radius 2 is 1.29 bits per heavy atom. The van der Waals surface area contributed by atoms with Crippen LogP contribution in [0.5, 0.6) is 11.5 Å². The number of esters is 2. The summed E-state index contributed by atoms with van der Waals surface area (Å²) in [6.45, 7) is 1.38. The van der Waals surface area contributed by atoms with E-state index >= 15 is 0 Å². The van der Waals surface area contributed by atoms with Gasteiger partial charge in [-0.2, -0.15) is 26.3 Å². The fourth-order valence-corrected chi connectivity index (χ4v) is 1.09. The largest absolute Gasteiger partial charge is 0.491 e. The minimum atomic E-state index is -5.35. The Hall–Kier alpha value is -2.26. The number of carbonyl (C=O) groups excluding carboxylic acids is 2. The summed E-state index contributed by atoms with van der Waals surface area (Å²) in [5.41, 5.74) is 0.270. The monoisotopic (exact) mass is 316 g/mol. The molecular weight excluding hydrogens is 310 g/mol. The topological polar surface area (TPSA) is 52.6 Å². The van der Waals surface area contributed by atoms with Crippen molar-refractivity contribution in [2.75, 3.05) is 0 Å². The number of alkyl halides is 6. The Morgan fingerprint density at radius 1 is 0.857 bits per heavy atom. The molecule has 10 heteroatoms. The summed E-state index contributed by atoms with van der Waals surface area (Å²) in [7, 11) is 0. The lowest BCUT2D eigenvalue weighted by molar-refractivity contribution is -0.191. The molecule has 0 amide bonds. The first kappa shape index (κ1) is 16.8. The molecule has 0 saturated heterocycles. The van der Waals surface area contributed by atoms with Crippen molar-refractivity contribution < 1.29 is 45.4 Å². The zero-order valence-corrected chi connectivity index (χ0v) is 10.1. The second-order valence-electron chi connectivity index (χ2n) is 3.72. The second kappa shape index (κ2) is 5.62. The third-order valence-corrected chi connectivity index (χ3v) is 1.97. The van der Waals surface area contributed by atoms with E-state index in [0.29, 0.717) is 0 Å². The first-order chi connectivity index (χ1) is 9.41. The number of aryl methyl sites for hydroxylation is 1. The van der Waals surface area contributed by atoms with Crippen molar-refractivity contribution in [2.24, 2.45) is 0 Å². The van der Waals surface area contributed by atoms with E-state index in [1.165, 1.54) is 6.92 Å². The highest BCUT2D eigenvalue weighted by atomic mass is 19.4. The standard InChI is InChI=1S/C11H6F6O4/c1-5-2-3-6(20-8(18)10(12,13)14)7(4-5)21-9(19)11(15,16)17/h2-4H,1H3. The van der Waals surface area contributed by atoms with Crippen molar-refractivity contribution in [3.63, 3.8) is 0 Å². The fraction of sp³-hybridized carbons (Fsp3) is 0.273. The molecule has 1 aromatic carbocycles. The van der Waals surface area contributed by atoms with Crippen LogP contribution in [0.4, 0.5) is 26.3 Å². The highest BCUT2D eigenvalue weighted by molar-refractivity contribution is 5.81. The number of halogens is 6. The van der Waals surface area contributed by atoms with Crippen molar-refractivity contribution in [1.29, 1.82) is 0 Å². The van der Waals surface area contributed by atoms with E-state index in [9.17, 15) is 35.9 Å². The summed E-state index contributed by atoms with van der Waals surface area (Å²) < 4.78 is 80.0. The van der Waals surface area contributed by atoms with Gasteiger partial charge in [-0.25, -0.2) is 9.59 Å². The van der Waals surface area contributed by atoms with E-state index in [0.717, 1.165) is 18.2 Å². The first-order valence-electron chi connectivity index (χ1n) is 5.10. The van der Waals surface area contributed by atoms with Gasteiger partial charge in [0.15, 0.2) is 11.5 Å². The van der Waals surface area contributed by atoms with Gasteiger partial charge < -0.3 is 9.47 Å². The lowest BCUT2D eigenvalue weighted by atomic mass is 10.2. The van der Waals surface area contributed by atoms with Crippen LogP contribution in [0.15, 0.2) is 18.2 Å². The van der Waals surface area contributed by atoms with Crippen LogP contribution in [-0.4, -0.2) is 24.3 Å². The summed E-state index contributed by atoms with van der Waals surface area (Å²) in [5, 5.41) is 0. The van der Waals surface area contributed by atoms with Crippen molar-refractivity contribution >= 4 is 11.9 Å². The molecule has 0 aromatic heterocycles. The van der Waals surface area contributed by atoms with E-state index in [4.69, 9.17) is 0 Å². The molecule has 0 unspecified atom stereocenters. The number of rotatable bonds is 2. The quantitative estimate of drug-likeness (QED) is 0.478. The number of benzene rings is 1. The van der Waals surface area contributed by atoms with Crippen molar-refractivity contribution in [2.45, 2.75) is 19.3 Å². The van der Waals surface area contributed by atoms with Crippen LogP contribution < -0.4 is 9.47 Å². The van der Waals surface area contributed by atoms with Gasteiger partial charge in [0.1, 0.15) is 0 Å². The van der Waals surface area contributed by atoms with Gasteiger partial charge in [-0.05, 0) is 24.6 Å².